The molecular weight excluding hydrogens is 403 g/mol. The number of nitro benzene ring substituents is 1. The van der Waals surface area contributed by atoms with Crippen molar-refractivity contribution in [3.8, 4) is 11.5 Å². The summed E-state index contributed by atoms with van der Waals surface area (Å²) in [6.45, 7) is 0. The number of benzene rings is 2. The molecule has 0 amide bonds. The first-order chi connectivity index (χ1) is 13.1. The molecule has 0 radical (unpaired) electrons. The molecule has 1 aliphatic carbocycles. The smallest absolute Gasteiger partial charge is 0.416 e. The van der Waals surface area contributed by atoms with Crippen LogP contribution in [0.25, 0.3) is 0 Å². The van der Waals surface area contributed by atoms with Crippen LogP contribution < -0.4 is 4.74 Å². The standard InChI is InChI=1S/C18H13ClF3NO5/c19-14-9-11(18(20,21)22)1-6-16(14)27-13-4-5-15(23(25)26)10(7-13)8-17(24)28-12-2-3-12/h1,4-7,9,12H,2-3,8H2. The molecule has 0 aliphatic heterocycles. The number of esters is 1. The lowest BCUT2D eigenvalue weighted by Gasteiger charge is -2.12. The molecule has 0 atom stereocenters. The zero-order valence-corrected chi connectivity index (χ0v) is 14.9. The third-order valence-corrected chi connectivity index (χ3v) is 4.19. The van der Waals surface area contributed by atoms with Crippen LogP contribution >= 0.6 is 11.6 Å². The van der Waals surface area contributed by atoms with Gasteiger partial charge >= 0.3 is 12.1 Å². The van der Waals surface area contributed by atoms with Crippen molar-refractivity contribution >= 4 is 23.3 Å². The fraction of sp³-hybridized carbons (Fsp3) is 0.278. The van der Waals surface area contributed by atoms with Crippen molar-refractivity contribution in [1.82, 2.24) is 0 Å². The molecule has 6 nitrogen and oxygen atoms in total. The van der Waals surface area contributed by atoms with Gasteiger partial charge in [0.2, 0.25) is 0 Å². The van der Waals surface area contributed by atoms with Gasteiger partial charge in [0, 0.05) is 11.6 Å². The average Bonchev–Trinajstić information content (AvgIpc) is 3.39. The van der Waals surface area contributed by atoms with E-state index < -0.39 is 22.6 Å². The first kappa shape index (κ1) is 19.9. The van der Waals surface area contributed by atoms with Gasteiger partial charge in [-0.15, -0.1) is 0 Å². The Bertz CT molecular complexity index is 928. The van der Waals surface area contributed by atoms with E-state index in [-0.39, 0.29) is 40.3 Å². The molecule has 2 aromatic rings. The minimum Gasteiger partial charge on any atom is -0.462 e. The molecule has 0 spiro atoms. The third kappa shape index (κ3) is 4.92. The van der Waals surface area contributed by atoms with Gasteiger partial charge in [0.15, 0.2) is 0 Å². The van der Waals surface area contributed by atoms with Crippen molar-refractivity contribution in [3.63, 3.8) is 0 Å². The number of nitrogens with zero attached hydrogens (tertiary/aromatic N) is 1. The number of carbonyl (C=O) groups is 1. The minimum absolute atomic E-state index is 0.0602. The molecule has 0 N–H and O–H groups in total. The summed E-state index contributed by atoms with van der Waals surface area (Å²) in [5, 5.41) is 10.9. The Morgan fingerprint density at radius 3 is 2.50 bits per heavy atom. The van der Waals surface area contributed by atoms with E-state index in [4.69, 9.17) is 21.1 Å². The van der Waals surface area contributed by atoms with Crippen LogP contribution in [0.15, 0.2) is 36.4 Å². The van der Waals surface area contributed by atoms with Crippen LogP contribution in [0.2, 0.25) is 5.02 Å². The zero-order valence-electron chi connectivity index (χ0n) is 14.2. The highest BCUT2D eigenvalue weighted by Gasteiger charge is 2.31. The highest BCUT2D eigenvalue weighted by Crippen LogP contribution is 2.37. The monoisotopic (exact) mass is 415 g/mol. The molecule has 0 unspecified atom stereocenters. The van der Waals surface area contributed by atoms with E-state index >= 15 is 0 Å². The number of hydrogen-bond donors (Lipinski definition) is 0. The van der Waals surface area contributed by atoms with Crippen molar-refractivity contribution in [2.24, 2.45) is 0 Å². The van der Waals surface area contributed by atoms with Gasteiger partial charge in [0.1, 0.15) is 17.6 Å². The lowest BCUT2D eigenvalue weighted by Crippen LogP contribution is -2.10. The van der Waals surface area contributed by atoms with Crippen molar-refractivity contribution in [3.05, 3.63) is 62.7 Å². The van der Waals surface area contributed by atoms with E-state index in [1.54, 1.807) is 0 Å². The predicted molar refractivity (Wildman–Crippen MR) is 92.4 cm³/mol. The summed E-state index contributed by atoms with van der Waals surface area (Å²) in [5.41, 5.74) is -1.16. The van der Waals surface area contributed by atoms with E-state index in [1.165, 1.54) is 12.1 Å². The zero-order chi connectivity index (χ0) is 20.5. The van der Waals surface area contributed by atoms with Gasteiger partial charge in [-0.3, -0.25) is 14.9 Å². The molecule has 1 aliphatic rings. The summed E-state index contributed by atoms with van der Waals surface area (Å²) >= 11 is 5.85. The van der Waals surface area contributed by atoms with E-state index in [0.717, 1.165) is 37.1 Å². The highest BCUT2D eigenvalue weighted by molar-refractivity contribution is 6.32. The van der Waals surface area contributed by atoms with Crippen molar-refractivity contribution in [2.75, 3.05) is 0 Å². The Balaban J connectivity index is 1.83. The van der Waals surface area contributed by atoms with Crippen molar-refractivity contribution < 1.29 is 32.4 Å². The van der Waals surface area contributed by atoms with Crippen LogP contribution in [0.5, 0.6) is 11.5 Å². The second-order valence-corrected chi connectivity index (χ2v) is 6.57. The number of carbonyl (C=O) groups excluding carboxylic acids is 1. The molecule has 0 bridgehead atoms. The average molecular weight is 416 g/mol. The number of halogens is 4. The van der Waals surface area contributed by atoms with Crippen LogP contribution in [0, 0.1) is 10.1 Å². The first-order valence-corrected chi connectivity index (χ1v) is 8.52. The molecule has 0 aromatic heterocycles. The number of rotatable bonds is 6. The Labute approximate surface area is 162 Å². The summed E-state index contributed by atoms with van der Waals surface area (Å²) in [7, 11) is 0. The first-order valence-electron chi connectivity index (χ1n) is 8.15. The van der Waals surface area contributed by atoms with Crippen LogP contribution in [-0.4, -0.2) is 17.0 Å². The normalized spacial score (nSPS) is 13.9. The highest BCUT2D eigenvalue weighted by atomic mass is 35.5. The predicted octanol–water partition coefficient (Wildman–Crippen LogP) is 5.31. The van der Waals surface area contributed by atoms with Gasteiger partial charge in [0.25, 0.3) is 5.69 Å². The number of ether oxygens (including phenoxy) is 2. The summed E-state index contributed by atoms with van der Waals surface area (Å²) in [4.78, 5) is 22.4. The molecule has 28 heavy (non-hydrogen) atoms. The fourth-order valence-electron chi connectivity index (χ4n) is 2.40. The number of nitro groups is 1. The molecule has 10 heteroatoms. The lowest BCUT2D eigenvalue weighted by atomic mass is 10.1. The van der Waals surface area contributed by atoms with Crippen LogP contribution in [0.1, 0.15) is 24.0 Å². The SMILES string of the molecule is O=C(Cc1cc(Oc2ccc(C(F)(F)F)cc2Cl)ccc1[N+](=O)[O-])OC1CC1. The maximum absolute atomic E-state index is 12.7. The van der Waals surface area contributed by atoms with Gasteiger partial charge in [-0.25, -0.2) is 0 Å². The Kier molecular flexibility index (Phi) is 5.46. The largest absolute Gasteiger partial charge is 0.462 e. The summed E-state index contributed by atoms with van der Waals surface area (Å²) in [6, 6.07) is 6.25. The molecule has 0 saturated heterocycles. The second kappa shape index (κ2) is 7.67. The maximum Gasteiger partial charge on any atom is 0.416 e. The Hall–Kier alpha value is -2.81. The number of hydrogen-bond acceptors (Lipinski definition) is 5. The Morgan fingerprint density at radius 1 is 1.21 bits per heavy atom. The summed E-state index contributed by atoms with van der Waals surface area (Å²) in [5.74, 6) is -0.577. The Morgan fingerprint density at radius 2 is 1.93 bits per heavy atom. The van der Waals surface area contributed by atoms with Gasteiger partial charge in [-0.05, 0) is 43.2 Å². The van der Waals surface area contributed by atoms with Crippen LogP contribution in [0.4, 0.5) is 18.9 Å². The fourth-order valence-corrected chi connectivity index (χ4v) is 2.62. The topological polar surface area (TPSA) is 78.7 Å². The molecule has 1 saturated carbocycles. The van der Waals surface area contributed by atoms with E-state index in [2.05, 4.69) is 0 Å². The van der Waals surface area contributed by atoms with Crippen LogP contribution in [0.3, 0.4) is 0 Å². The van der Waals surface area contributed by atoms with E-state index in [9.17, 15) is 28.1 Å². The van der Waals surface area contributed by atoms with Gasteiger partial charge in [0.05, 0.1) is 21.9 Å². The molecule has 2 aromatic carbocycles. The molecular formula is C18H13ClF3NO5. The third-order valence-electron chi connectivity index (χ3n) is 3.89. The quantitative estimate of drug-likeness (QED) is 0.363. The molecule has 3 rings (SSSR count). The van der Waals surface area contributed by atoms with Gasteiger partial charge in [-0.2, -0.15) is 13.2 Å². The van der Waals surface area contributed by atoms with Crippen molar-refractivity contribution in [1.29, 1.82) is 0 Å². The molecule has 148 valence electrons. The lowest BCUT2D eigenvalue weighted by molar-refractivity contribution is -0.385. The van der Waals surface area contributed by atoms with E-state index in [0.29, 0.717) is 0 Å². The summed E-state index contributed by atoms with van der Waals surface area (Å²) < 4.78 is 48.7. The van der Waals surface area contributed by atoms with E-state index in [1.807, 2.05) is 0 Å². The maximum atomic E-state index is 12.7. The molecule has 0 heterocycles. The summed E-state index contributed by atoms with van der Waals surface area (Å²) in [6.07, 6.45) is -3.49. The van der Waals surface area contributed by atoms with Crippen molar-refractivity contribution in [2.45, 2.75) is 31.5 Å². The second-order valence-electron chi connectivity index (χ2n) is 6.16. The number of alkyl halides is 3. The van der Waals surface area contributed by atoms with Gasteiger partial charge in [-0.1, -0.05) is 11.6 Å². The molecule has 1 fully saturated rings. The van der Waals surface area contributed by atoms with Gasteiger partial charge < -0.3 is 9.47 Å². The van der Waals surface area contributed by atoms with Crippen LogP contribution in [-0.2, 0) is 22.1 Å². The minimum atomic E-state index is -4.55.